The first-order valence-corrected chi connectivity index (χ1v) is 5.83. The molecule has 0 aromatic heterocycles. The van der Waals surface area contributed by atoms with Crippen LogP contribution in [0.2, 0.25) is 0 Å². The lowest BCUT2D eigenvalue weighted by Crippen LogP contribution is -2.62. The van der Waals surface area contributed by atoms with Crippen molar-refractivity contribution in [3.8, 4) is 0 Å². The van der Waals surface area contributed by atoms with E-state index in [1.807, 2.05) is 6.07 Å². The number of amides is 1. The predicted molar refractivity (Wildman–Crippen MR) is 61.8 cm³/mol. The number of likely N-dealkylation sites (tertiary alicyclic amines) is 1. The molecule has 1 aromatic carbocycles. The molecular weight excluding hydrogens is 200 g/mol. The molecule has 1 amide bonds. The lowest BCUT2D eigenvalue weighted by atomic mass is 9.86. The Kier molecular flexibility index (Phi) is 2.21. The van der Waals surface area contributed by atoms with E-state index in [9.17, 15) is 4.79 Å². The van der Waals surface area contributed by atoms with Crippen LogP contribution in [0.3, 0.4) is 0 Å². The van der Waals surface area contributed by atoms with E-state index in [0.29, 0.717) is 0 Å². The van der Waals surface area contributed by atoms with Crippen LogP contribution in [0.15, 0.2) is 30.3 Å². The van der Waals surface area contributed by atoms with Gasteiger partial charge >= 0.3 is 0 Å². The number of nitrogens with one attached hydrogen (secondary N) is 1. The molecule has 0 bridgehead atoms. The zero-order chi connectivity index (χ0) is 11.0. The van der Waals surface area contributed by atoms with Crippen LogP contribution in [-0.4, -0.2) is 29.4 Å². The van der Waals surface area contributed by atoms with Gasteiger partial charge in [-0.1, -0.05) is 30.3 Å². The van der Waals surface area contributed by atoms with E-state index in [-0.39, 0.29) is 11.4 Å². The van der Waals surface area contributed by atoms with Crippen LogP contribution in [0.5, 0.6) is 0 Å². The van der Waals surface area contributed by atoms with Crippen LogP contribution >= 0.6 is 0 Å². The Morgan fingerprint density at radius 1 is 1.31 bits per heavy atom. The van der Waals surface area contributed by atoms with Crippen molar-refractivity contribution in [1.82, 2.24) is 10.2 Å². The summed E-state index contributed by atoms with van der Waals surface area (Å²) in [7, 11) is 0. The van der Waals surface area contributed by atoms with Gasteiger partial charge in [-0.3, -0.25) is 9.69 Å². The number of carbonyl (C=O) groups excluding carboxylic acids is 1. The molecule has 2 fully saturated rings. The fourth-order valence-electron chi connectivity index (χ4n) is 2.77. The molecule has 1 aromatic rings. The Labute approximate surface area is 95.4 Å². The van der Waals surface area contributed by atoms with E-state index in [0.717, 1.165) is 32.5 Å². The third-order valence-electron chi connectivity index (χ3n) is 3.59. The molecule has 3 rings (SSSR count). The van der Waals surface area contributed by atoms with Gasteiger partial charge in [0.2, 0.25) is 5.91 Å². The average Bonchev–Trinajstić information content (AvgIpc) is 2.63. The fraction of sp³-hybridized carbons (Fsp3) is 0.462. The van der Waals surface area contributed by atoms with Gasteiger partial charge in [0, 0.05) is 19.6 Å². The lowest BCUT2D eigenvalue weighted by molar-refractivity contribution is -0.132. The molecular formula is C13H16N2O. The number of hydrogen-bond donors (Lipinski definition) is 1. The average molecular weight is 216 g/mol. The highest BCUT2D eigenvalue weighted by molar-refractivity contribution is 5.85. The van der Waals surface area contributed by atoms with Gasteiger partial charge in [0.25, 0.3) is 0 Å². The van der Waals surface area contributed by atoms with Crippen molar-refractivity contribution in [2.75, 3.05) is 13.1 Å². The van der Waals surface area contributed by atoms with Gasteiger partial charge in [-0.25, -0.2) is 0 Å². The normalized spacial score (nSPS) is 29.1. The summed E-state index contributed by atoms with van der Waals surface area (Å²) in [6.45, 7) is 3.10. The third kappa shape index (κ3) is 1.71. The second-order valence-corrected chi connectivity index (χ2v) is 4.95. The van der Waals surface area contributed by atoms with Crippen LogP contribution in [0.4, 0.5) is 0 Å². The van der Waals surface area contributed by atoms with Gasteiger partial charge in [-0.05, 0) is 12.0 Å². The van der Waals surface area contributed by atoms with E-state index in [4.69, 9.17) is 0 Å². The van der Waals surface area contributed by atoms with Crippen molar-refractivity contribution in [3.63, 3.8) is 0 Å². The molecule has 84 valence electrons. The molecule has 1 N–H and O–H groups in total. The van der Waals surface area contributed by atoms with Gasteiger partial charge in [0.15, 0.2) is 0 Å². The maximum Gasteiger partial charge on any atom is 0.222 e. The first-order valence-electron chi connectivity index (χ1n) is 5.83. The minimum atomic E-state index is 0.117. The van der Waals surface area contributed by atoms with Crippen molar-refractivity contribution >= 4 is 5.91 Å². The summed E-state index contributed by atoms with van der Waals surface area (Å²) in [6.07, 6.45) is 1.82. The number of hydrogen-bond acceptors (Lipinski definition) is 2. The predicted octanol–water partition coefficient (Wildman–Crippen LogP) is 1.15. The maximum absolute atomic E-state index is 11.0. The molecule has 1 atom stereocenters. The van der Waals surface area contributed by atoms with Crippen molar-refractivity contribution < 1.29 is 4.79 Å². The minimum absolute atomic E-state index is 0.117. The van der Waals surface area contributed by atoms with Gasteiger partial charge in [-0.15, -0.1) is 0 Å². The topological polar surface area (TPSA) is 32.3 Å². The van der Waals surface area contributed by atoms with Crippen LogP contribution in [-0.2, 0) is 11.3 Å². The summed E-state index contributed by atoms with van der Waals surface area (Å²) >= 11 is 0. The molecule has 0 saturated carbocycles. The summed E-state index contributed by atoms with van der Waals surface area (Å²) in [5.74, 6) is 0.210. The second kappa shape index (κ2) is 3.59. The van der Waals surface area contributed by atoms with Gasteiger partial charge < -0.3 is 5.32 Å². The van der Waals surface area contributed by atoms with Crippen molar-refractivity contribution in [3.05, 3.63) is 35.9 Å². The van der Waals surface area contributed by atoms with Crippen LogP contribution in [0.1, 0.15) is 18.4 Å². The summed E-state index contributed by atoms with van der Waals surface area (Å²) in [6, 6.07) is 10.5. The van der Waals surface area contributed by atoms with Gasteiger partial charge in [-0.2, -0.15) is 0 Å². The van der Waals surface area contributed by atoms with Gasteiger partial charge in [0.1, 0.15) is 0 Å². The van der Waals surface area contributed by atoms with E-state index < -0.39 is 0 Å². The van der Waals surface area contributed by atoms with Crippen LogP contribution < -0.4 is 5.32 Å². The van der Waals surface area contributed by atoms with E-state index in [1.54, 1.807) is 0 Å². The summed E-state index contributed by atoms with van der Waals surface area (Å²) in [5, 5.41) is 3.05. The molecule has 3 nitrogen and oxygen atoms in total. The van der Waals surface area contributed by atoms with Crippen molar-refractivity contribution in [2.24, 2.45) is 0 Å². The first kappa shape index (κ1) is 9.85. The highest BCUT2D eigenvalue weighted by Crippen LogP contribution is 2.31. The van der Waals surface area contributed by atoms with E-state index in [2.05, 4.69) is 34.5 Å². The zero-order valence-corrected chi connectivity index (χ0v) is 9.28. The minimum Gasteiger partial charge on any atom is -0.349 e. The van der Waals surface area contributed by atoms with Crippen molar-refractivity contribution in [1.29, 1.82) is 0 Å². The Balaban J connectivity index is 1.61. The standard InChI is InChI=1S/C13H16N2O/c16-12-8-13(14-12)6-7-15(10-13)9-11-4-2-1-3-5-11/h1-5H,6-10H2,(H,14,16). The number of nitrogens with zero attached hydrogens (tertiary/aromatic N) is 1. The first-order chi connectivity index (χ1) is 7.76. The second-order valence-electron chi connectivity index (χ2n) is 4.95. The summed E-state index contributed by atoms with van der Waals surface area (Å²) in [5.41, 5.74) is 1.47. The Morgan fingerprint density at radius 3 is 2.75 bits per heavy atom. The molecule has 0 aliphatic carbocycles. The van der Waals surface area contributed by atoms with E-state index in [1.165, 1.54) is 5.56 Å². The Bertz CT molecular complexity index is 394. The molecule has 2 heterocycles. The number of β-lactam (4-membered cyclic amide) rings is 1. The Hall–Kier alpha value is -1.35. The lowest BCUT2D eigenvalue weighted by Gasteiger charge is -2.38. The summed E-state index contributed by atoms with van der Waals surface area (Å²) in [4.78, 5) is 13.4. The molecule has 2 aliphatic rings. The highest BCUT2D eigenvalue weighted by atomic mass is 16.2. The molecule has 1 spiro atoms. The monoisotopic (exact) mass is 216 g/mol. The van der Waals surface area contributed by atoms with Crippen LogP contribution in [0.25, 0.3) is 0 Å². The smallest absolute Gasteiger partial charge is 0.222 e. The molecule has 16 heavy (non-hydrogen) atoms. The molecule has 2 saturated heterocycles. The fourth-order valence-corrected chi connectivity index (χ4v) is 2.77. The van der Waals surface area contributed by atoms with Crippen molar-refractivity contribution in [2.45, 2.75) is 24.9 Å². The SMILES string of the molecule is O=C1CC2(CCN(Cc3ccccc3)C2)N1. The largest absolute Gasteiger partial charge is 0.349 e. The highest BCUT2D eigenvalue weighted by Gasteiger charge is 2.47. The molecule has 0 radical (unpaired) electrons. The maximum atomic E-state index is 11.0. The number of benzene rings is 1. The number of carbonyl (C=O) groups is 1. The molecule has 1 unspecified atom stereocenters. The zero-order valence-electron chi connectivity index (χ0n) is 9.28. The molecule has 3 heteroatoms. The summed E-state index contributed by atoms with van der Waals surface area (Å²) < 4.78 is 0. The van der Waals surface area contributed by atoms with Crippen LogP contribution in [0, 0.1) is 0 Å². The molecule has 2 aliphatic heterocycles. The quantitative estimate of drug-likeness (QED) is 0.752. The number of rotatable bonds is 2. The third-order valence-corrected chi connectivity index (χ3v) is 3.59. The Morgan fingerprint density at radius 2 is 2.06 bits per heavy atom. The van der Waals surface area contributed by atoms with Gasteiger partial charge in [0.05, 0.1) is 12.0 Å². The van der Waals surface area contributed by atoms with E-state index >= 15 is 0 Å².